The number of halogens is 3. The first-order chi connectivity index (χ1) is 9.45. The predicted molar refractivity (Wildman–Crippen MR) is 64.7 cm³/mol. The molecule has 9 heteroatoms. The molecule has 3 rings (SSSR count). The van der Waals surface area contributed by atoms with E-state index < -0.39 is 12.0 Å². The summed E-state index contributed by atoms with van der Waals surface area (Å²) in [6.45, 7) is 0.776. The summed E-state index contributed by atoms with van der Waals surface area (Å²) in [5.41, 5.74) is 6.23. The molecule has 2 aromatic heterocycles. The predicted octanol–water partition coefficient (Wildman–Crippen LogP) is 1.29. The molecule has 6 nitrogen and oxygen atoms in total. The molecule has 0 aliphatic carbocycles. The van der Waals surface area contributed by atoms with E-state index in [-0.39, 0.29) is 18.9 Å². The van der Waals surface area contributed by atoms with Crippen LogP contribution in [0.2, 0.25) is 0 Å². The average Bonchev–Trinajstić information content (AvgIpc) is 2.81. The van der Waals surface area contributed by atoms with Gasteiger partial charge in [-0.25, -0.2) is 4.98 Å². The Balaban J connectivity index is 1.88. The van der Waals surface area contributed by atoms with Crippen LogP contribution < -0.4 is 10.6 Å². The van der Waals surface area contributed by atoms with E-state index >= 15 is 0 Å². The summed E-state index contributed by atoms with van der Waals surface area (Å²) in [6, 6.07) is 3.33. The van der Waals surface area contributed by atoms with Crippen LogP contribution in [0.5, 0.6) is 0 Å². The summed E-state index contributed by atoms with van der Waals surface area (Å²) in [5.74, 6) is -0.0618. The smallest absolute Gasteiger partial charge is 0.399 e. The van der Waals surface area contributed by atoms with Gasteiger partial charge in [0.15, 0.2) is 5.82 Å². The monoisotopic (exact) mass is 284 g/mol. The van der Waals surface area contributed by atoms with Gasteiger partial charge in [-0.3, -0.25) is 0 Å². The fourth-order valence-corrected chi connectivity index (χ4v) is 2.17. The first-order valence-corrected chi connectivity index (χ1v) is 5.91. The Labute approximate surface area is 112 Å². The minimum Gasteiger partial charge on any atom is -0.399 e. The van der Waals surface area contributed by atoms with Crippen molar-refractivity contribution in [1.82, 2.24) is 19.7 Å². The quantitative estimate of drug-likeness (QED) is 0.854. The largest absolute Gasteiger partial charge is 0.451 e. The van der Waals surface area contributed by atoms with E-state index in [0.717, 1.165) is 4.57 Å². The van der Waals surface area contributed by atoms with Crippen LogP contribution in [0.4, 0.5) is 24.7 Å². The Hall–Kier alpha value is -2.32. The molecule has 0 unspecified atom stereocenters. The second-order valence-corrected chi connectivity index (χ2v) is 4.46. The number of nitrogens with zero attached hydrogens (tertiary/aromatic N) is 5. The maximum absolute atomic E-state index is 12.7. The summed E-state index contributed by atoms with van der Waals surface area (Å²) in [5, 5.41) is 6.84. The van der Waals surface area contributed by atoms with Gasteiger partial charge in [-0.1, -0.05) is 0 Å². The number of aromatic nitrogens is 4. The fourth-order valence-electron chi connectivity index (χ4n) is 2.17. The molecule has 0 saturated heterocycles. The van der Waals surface area contributed by atoms with Crippen LogP contribution >= 0.6 is 0 Å². The Kier molecular flexibility index (Phi) is 2.77. The first-order valence-electron chi connectivity index (χ1n) is 5.91. The molecular formula is C11H11F3N6. The normalized spacial score (nSPS) is 15.2. The number of alkyl halides is 3. The molecule has 3 heterocycles. The highest BCUT2D eigenvalue weighted by atomic mass is 19.4. The van der Waals surface area contributed by atoms with Crippen LogP contribution in [0.3, 0.4) is 0 Å². The molecule has 0 saturated carbocycles. The van der Waals surface area contributed by atoms with Gasteiger partial charge in [-0.15, -0.1) is 10.2 Å². The summed E-state index contributed by atoms with van der Waals surface area (Å²) in [6.07, 6.45) is -2.92. The van der Waals surface area contributed by atoms with Gasteiger partial charge in [0.1, 0.15) is 5.82 Å². The minimum atomic E-state index is -4.48. The zero-order valence-electron chi connectivity index (χ0n) is 10.3. The summed E-state index contributed by atoms with van der Waals surface area (Å²) < 4.78 is 39.2. The molecule has 1 aliphatic heterocycles. The fraction of sp³-hybridized carbons (Fsp3) is 0.364. The highest BCUT2D eigenvalue weighted by Crippen LogP contribution is 2.30. The van der Waals surface area contributed by atoms with E-state index in [0.29, 0.717) is 18.1 Å². The highest BCUT2D eigenvalue weighted by Gasteiger charge is 2.39. The van der Waals surface area contributed by atoms with Gasteiger partial charge in [0, 0.05) is 31.0 Å². The van der Waals surface area contributed by atoms with E-state index in [4.69, 9.17) is 5.73 Å². The SMILES string of the molecule is Nc1ccnc(N2CCn3c(nnc3C(F)(F)F)C2)c1. The van der Waals surface area contributed by atoms with E-state index in [2.05, 4.69) is 15.2 Å². The van der Waals surface area contributed by atoms with Crippen LogP contribution in [0.25, 0.3) is 0 Å². The maximum atomic E-state index is 12.7. The lowest BCUT2D eigenvalue weighted by atomic mass is 10.3. The Bertz CT molecular complexity index is 635. The number of nitrogens with two attached hydrogens (primary N) is 1. The van der Waals surface area contributed by atoms with Crippen molar-refractivity contribution in [2.75, 3.05) is 17.2 Å². The number of hydrogen-bond acceptors (Lipinski definition) is 5. The van der Waals surface area contributed by atoms with Gasteiger partial charge in [0.2, 0.25) is 5.82 Å². The van der Waals surface area contributed by atoms with Gasteiger partial charge >= 0.3 is 6.18 Å². The lowest BCUT2D eigenvalue weighted by molar-refractivity contribution is -0.147. The third-order valence-electron chi connectivity index (χ3n) is 3.10. The molecular weight excluding hydrogens is 273 g/mol. The molecule has 2 aromatic rings. The number of nitrogen functional groups attached to an aromatic ring is 1. The lowest BCUT2D eigenvalue weighted by Crippen LogP contribution is -2.35. The molecule has 106 valence electrons. The lowest BCUT2D eigenvalue weighted by Gasteiger charge is -2.28. The van der Waals surface area contributed by atoms with Crippen LogP contribution in [0.1, 0.15) is 11.6 Å². The van der Waals surface area contributed by atoms with Gasteiger partial charge in [-0.2, -0.15) is 13.2 Å². The summed E-state index contributed by atoms with van der Waals surface area (Å²) >= 11 is 0. The molecule has 2 N–H and O–H groups in total. The van der Waals surface area contributed by atoms with Crippen molar-refractivity contribution in [3.8, 4) is 0 Å². The molecule has 0 amide bonds. The van der Waals surface area contributed by atoms with Crippen molar-refractivity contribution in [3.63, 3.8) is 0 Å². The number of fused-ring (bicyclic) bond motifs is 1. The minimum absolute atomic E-state index is 0.160. The summed E-state index contributed by atoms with van der Waals surface area (Å²) in [4.78, 5) is 5.98. The molecule has 0 fully saturated rings. The van der Waals surface area contributed by atoms with E-state index in [9.17, 15) is 13.2 Å². The van der Waals surface area contributed by atoms with Gasteiger partial charge in [0.25, 0.3) is 0 Å². The molecule has 0 atom stereocenters. The number of rotatable bonds is 1. The van der Waals surface area contributed by atoms with Gasteiger partial charge in [-0.05, 0) is 6.07 Å². The molecule has 1 aliphatic rings. The van der Waals surface area contributed by atoms with Gasteiger partial charge in [0.05, 0.1) is 6.54 Å². The molecule has 0 aromatic carbocycles. The zero-order chi connectivity index (χ0) is 14.3. The number of anilines is 2. The number of hydrogen-bond donors (Lipinski definition) is 1. The third-order valence-corrected chi connectivity index (χ3v) is 3.10. The highest BCUT2D eigenvalue weighted by molar-refractivity contribution is 5.50. The molecule has 0 bridgehead atoms. The summed E-state index contributed by atoms with van der Waals surface area (Å²) in [7, 11) is 0. The number of pyridine rings is 1. The van der Waals surface area contributed by atoms with E-state index in [1.807, 2.05) is 4.90 Å². The van der Waals surface area contributed by atoms with Crippen molar-refractivity contribution in [3.05, 3.63) is 30.0 Å². The first kappa shape index (κ1) is 12.7. The van der Waals surface area contributed by atoms with Crippen LogP contribution in [-0.4, -0.2) is 26.3 Å². The average molecular weight is 284 g/mol. The topological polar surface area (TPSA) is 72.9 Å². The molecule has 0 spiro atoms. The Morgan fingerprint density at radius 1 is 1.20 bits per heavy atom. The van der Waals surface area contributed by atoms with Crippen LogP contribution in [0, 0.1) is 0 Å². The second kappa shape index (κ2) is 4.36. The van der Waals surface area contributed by atoms with Crippen molar-refractivity contribution >= 4 is 11.5 Å². The van der Waals surface area contributed by atoms with Crippen molar-refractivity contribution in [2.45, 2.75) is 19.3 Å². The van der Waals surface area contributed by atoms with Crippen molar-refractivity contribution in [2.24, 2.45) is 0 Å². The third kappa shape index (κ3) is 2.15. The second-order valence-electron chi connectivity index (χ2n) is 4.46. The van der Waals surface area contributed by atoms with E-state index in [1.165, 1.54) is 0 Å². The zero-order valence-corrected chi connectivity index (χ0v) is 10.3. The van der Waals surface area contributed by atoms with Crippen LogP contribution in [-0.2, 0) is 19.3 Å². The van der Waals surface area contributed by atoms with Crippen LogP contribution in [0.15, 0.2) is 18.3 Å². The maximum Gasteiger partial charge on any atom is 0.451 e. The Morgan fingerprint density at radius 3 is 2.70 bits per heavy atom. The van der Waals surface area contributed by atoms with Crippen molar-refractivity contribution < 1.29 is 13.2 Å². The van der Waals surface area contributed by atoms with Gasteiger partial charge < -0.3 is 15.2 Å². The Morgan fingerprint density at radius 2 is 2.00 bits per heavy atom. The van der Waals surface area contributed by atoms with E-state index in [1.54, 1.807) is 18.3 Å². The molecule has 20 heavy (non-hydrogen) atoms. The van der Waals surface area contributed by atoms with Crippen molar-refractivity contribution in [1.29, 1.82) is 0 Å². The standard InChI is InChI=1S/C11H11F3N6/c12-11(13,14)10-18-17-9-6-19(3-4-20(9)10)8-5-7(15)1-2-16-8/h1-2,5H,3-4,6H2,(H2,15,16). The molecule has 0 radical (unpaired) electrons.